The molecule has 328 valence electrons. The largest absolute Gasteiger partial charge is 0.483 e. The Morgan fingerprint density at radius 1 is 0.855 bits per heavy atom. The summed E-state index contributed by atoms with van der Waals surface area (Å²) in [6.07, 6.45) is 6.67. The number of benzene rings is 2. The summed E-state index contributed by atoms with van der Waals surface area (Å²) in [6, 6.07) is 13.9. The van der Waals surface area contributed by atoms with Crippen LogP contribution in [0.2, 0.25) is 0 Å². The Morgan fingerprint density at radius 2 is 1.65 bits per heavy atom. The van der Waals surface area contributed by atoms with Crippen LogP contribution in [0, 0.1) is 0 Å². The number of ether oxygens (including phenoxy) is 3. The van der Waals surface area contributed by atoms with Crippen molar-refractivity contribution >= 4 is 57.0 Å². The molecule has 4 heterocycles. The molecule has 2 aliphatic heterocycles. The lowest BCUT2D eigenvalue weighted by Crippen LogP contribution is -2.54. The molecule has 1 saturated heterocycles. The van der Waals surface area contributed by atoms with Crippen LogP contribution in [0.5, 0.6) is 5.75 Å². The maximum Gasteiger partial charge on any atom is 0.299 e. The van der Waals surface area contributed by atoms with Gasteiger partial charge in [0.2, 0.25) is 11.8 Å². The summed E-state index contributed by atoms with van der Waals surface area (Å²) in [5.41, 5.74) is 2.88. The number of nitrogens with zero attached hydrogens (tertiary/aromatic N) is 3. The van der Waals surface area contributed by atoms with E-state index in [2.05, 4.69) is 35.7 Å². The fraction of sp³-hybridized carbons (Fsp3) is 0.390. The van der Waals surface area contributed by atoms with E-state index in [4.69, 9.17) is 14.2 Å². The van der Waals surface area contributed by atoms with Gasteiger partial charge >= 0.3 is 0 Å². The number of nitrogens with one attached hydrogen (secondary N) is 6. The van der Waals surface area contributed by atoms with Gasteiger partial charge in [-0.1, -0.05) is 18.2 Å². The maximum atomic E-state index is 13.2. The van der Waals surface area contributed by atoms with Crippen LogP contribution in [0.4, 0.5) is 5.69 Å². The zero-order chi connectivity index (χ0) is 43.6. The third-order valence-corrected chi connectivity index (χ3v) is 11.4. The molecule has 4 aromatic rings. The molecular weight excluding hydrogens is 827 g/mol. The Morgan fingerprint density at radius 3 is 2.42 bits per heavy atom. The van der Waals surface area contributed by atoms with E-state index in [0.29, 0.717) is 54.5 Å². The Balaban J connectivity index is 0.721. The van der Waals surface area contributed by atoms with Crippen molar-refractivity contribution in [3.05, 3.63) is 83.7 Å². The van der Waals surface area contributed by atoms with Gasteiger partial charge in [0, 0.05) is 56.6 Å². The van der Waals surface area contributed by atoms with Crippen molar-refractivity contribution in [1.29, 1.82) is 0 Å². The summed E-state index contributed by atoms with van der Waals surface area (Å²) in [5.74, 6) is -3.19. The van der Waals surface area contributed by atoms with E-state index in [0.717, 1.165) is 24.2 Å². The minimum Gasteiger partial charge on any atom is -0.483 e. The summed E-state index contributed by atoms with van der Waals surface area (Å²) < 4.78 is 48.8. The molecule has 1 atom stereocenters. The lowest BCUT2D eigenvalue weighted by atomic mass is 9.93. The number of hydrogen-bond acceptors (Lipinski definition) is 13. The van der Waals surface area contributed by atoms with E-state index in [1.54, 1.807) is 47.1 Å². The van der Waals surface area contributed by atoms with Gasteiger partial charge in [-0.3, -0.25) is 43.7 Å². The van der Waals surface area contributed by atoms with Gasteiger partial charge in [0.15, 0.2) is 6.61 Å². The van der Waals surface area contributed by atoms with Crippen LogP contribution in [0.1, 0.15) is 63.2 Å². The number of anilines is 1. The first-order valence-electron chi connectivity index (χ1n) is 20.2. The maximum absolute atomic E-state index is 13.2. The smallest absolute Gasteiger partial charge is 0.299 e. The number of piperidine rings is 1. The molecule has 20 nitrogen and oxygen atoms in total. The number of aromatic nitrogens is 2. The van der Waals surface area contributed by atoms with E-state index in [9.17, 15) is 37.2 Å². The topological polar surface area (TPSA) is 257 Å². The third kappa shape index (κ3) is 11.0. The average molecular weight is 874 g/mol. The highest BCUT2D eigenvalue weighted by molar-refractivity contribution is 7.90. The SMILES string of the molecule is O=C(COc1cccc2c1C(=O)N(C1CCC(=O)NC1=O)C2=O)NCCOCCOCCNCCNS(=O)(=O)Nc1cccc(-c2cn3cc(C(=O)NC4CCC4)ccc3n2)c1. The fourth-order valence-corrected chi connectivity index (χ4v) is 7.83. The van der Waals surface area contributed by atoms with Gasteiger partial charge in [-0.2, -0.15) is 13.1 Å². The summed E-state index contributed by atoms with van der Waals surface area (Å²) in [7, 11) is -3.86. The number of hydrogen-bond donors (Lipinski definition) is 6. The molecule has 2 aromatic carbocycles. The second-order valence-electron chi connectivity index (χ2n) is 14.7. The van der Waals surface area contributed by atoms with Gasteiger partial charge < -0.3 is 34.6 Å². The number of carbonyl (C=O) groups excluding carboxylic acids is 6. The molecule has 21 heteroatoms. The Bertz CT molecular complexity index is 2460. The molecule has 1 aliphatic carbocycles. The Hall–Kier alpha value is -6.26. The monoisotopic (exact) mass is 873 g/mol. The van der Waals surface area contributed by atoms with Crippen molar-refractivity contribution in [1.82, 2.24) is 40.3 Å². The van der Waals surface area contributed by atoms with Crippen molar-refractivity contribution in [3.63, 3.8) is 0 Å². The van der Waals surface area contributed by atoms with Gasteiger partial charge in [0.1, 0.15) is 17.4 Å². The normalized spacial score (nSPS) is 16.5. The zero-order valence-corrected chi connectivity index (χ0v) is 34.5. The van der Waals surface area contributed by atoms with Crippen molar-refractivity contribution in [2.24, 2.45) is 0 Å². The first-order valence-corrected chi connectivity index (χ1v) is 21.7. The van der Waals surface area contributed by atoms with E-state index in [1.165, 1.54) is 18.2 Å². The molecule has 62 heavy (non-hydrogen) atoms. The second kappa shape index (κ2) is 20.1. The first kappa shape index (κ1) is 43.8. The highest BCUT2D eigenvalue weighted by Gasteiger charge is 2.46. The highest BCUT2D eigenvalue weighted by Crippen LogP contribution is 2.33. The minimum absolute atomic E-state index is 0.00384. The van der Waals surface area contributed by atoms with E-state index < -0.39 is 52.4 Å². The second-order valence-corrected chi connectivity index (χ2v) is 16.2. The number of imidazole rings is 1. The summed E-state index contributed by atoms with van der Waals surface area (Å²) in [5, 5.41) is 10.9. The molecule has 1 unspecified atom stereocenters. The predicted octanol–water partition coefficient (Wildman–Crippen LogP) is 0.749. The average Bonchev–Trinajstić information content (AvgIpc) is 3.78. The molecule has 0 bridgehead atoms. The van der Waals surface area contributed by atoms with E-state index in [1.807, 2.05) is 6.07 Å². The molecule has 7 rings (SSSR count). The van der Waals surface area contributed by atoms with Crippen molar-refractivity contribution < 1.29 is 51.4 Å². The number of carbonyl (C=O) groups is 6. The fourth-order valence-electron chi connectivity index (χ4n) is 6.95. The Kier molecular flexibility index (Phi) is 14.2. The molecule has 2 aromatic heterocycles. The van der Waals surface area contributed by atoms with Crippen molar-refractivity contribution in [2.75, 3.05) is 63.9 Å². The van der Waals surface area contributed by atoms with Gasteiger partial charge in [0.25, 0.3) is 33.8 Å². The highest BCUT2D eigenvalue weighted by atomic mass is 32.2. The van der Waals surface area contributed by atoms with Gasteiger partial charge in [-0.05, 0) is 62.1 Å². The Labute approximate surface area is 356 Å². The number of imide groups is 2. The summed E-state index contributed by atoms with van der Waals surface area (Å²) in [6.45, 7) is 1.82. The van der Waals surface area contributed by atoms with Crippen molar-refractivity contribution in [3.8, 4) is 17.0 Å². The molecule has 2 fully saturated rings. The molecule has 3 aliphatic rings. The summed E-state index contributed by atoms with van der Waals surface area (Å²) in [4.78, 5) is 80.5. The lowest BCUT2D eigenvalue weighted by molar-refractivity contribution is -0.136. The van der Waals surface area contributed by atoms with Crippen LogP contribution in [0.25, 0.3) is 16.9 Å². The third-order valence-electron chi connectivity index (χ3n) is 10.3. The first-order chi connectivity index (χ1) is 30.0. The van der Waals surface area contributed by atoms with E-state index >= 15 is 0 Å². The van der Waals surface area contributed by atoms with Crippen LogP contribution in [-0.4, -0.2) is 129 Å². The minimum atomic E-state index is -3.86. The number of rotatable bonds is 22. The van der Waals surface area contributed by atoms with E-state index in [-0.39, 0.29) is 68.0 Å². The van der Waals surface area contributed by atoms with Gasteiger partial charge in [-0.15, -0.1) is 0 Å². The zero-order valence-electron chi connectivity index (χ0n) is 33.6. The quantitative estimate of drug-likeness (QED) is 0.0472. The molecule has 0 radical (unpaired) electrons. The molecule has 6 amide bonds. The van der Waals surface area contributed by atoms with Crippen LogP contribution < -0.4 is 35.4 Å². The van der Waals surface area contributed by atoms with Crippen LogP contribution in [0.3, 0.4) is 0 Å². The molecule has 0 spiro atoms. The van der Waals surface area contributed by atoms with Gasteiger partial charge in [0.05, 0.1) is 54.5 Å². The van der Waals surface area contributed by atoms with Crippen LogP contribution in [-0.2, 0) is 34.1 Å². The number of fused-ring (bicyclic) bond motifs is 2. The van der Waals surface area contributed by atoms with Crippen LogP contribution >= 0.6 is 0 Å². The number of amides is 6. The van der Waals surface area contributed by atoms with Crippen LogP contribution in [0.15, 0.2) is 67.0 Å². The number of pyridine rings is 1. The standard InChI is InChI=1S/C41H47N9O11S/c51-35-13-11-32(39(54)47-35)50-40(55)30-8-3-9-33(37(30)41(50)56)61-25-36(52)43-17-19-60-21-20-59-18-16-42-14-15-44-62(57,58)48-29-7-1-4-26(22-29)31-24-49-23-27(10-12-34(49)46-31)38(53)45-28-5-2-6-28/h1,3-4,7-10,12,22-24,28,32,42,44,48H,2,5-6,11,13-21,25H2,(H,43,52)(H,45,53)(H,47,51,54). The van der Waals surface area contributed by atoms with Gasteiger partial charge in [-0.25, -0.2) is 4.98 Å². The predicted molar refractivity (Wildman–Crippen MR) is 222 cm³/mol. The van der Waals surface area contributed by atoms with Crippen molar-refractivity contribution in [2.45, 2.75) is 44.2 Å². The molecule has 6 N–H and O–H groups in total. The molecule has 1 saturated carbocycles. The summed E-state index contributed by atoms with van der Waals surface area (Å²) >= 11 is 0. The molecular formula is C41H47N9O11S. The lowest BCUT2D eigenvalue weighted by Gasteiger charge is -2.27.